The molecule has 0 amide bonds. The lowest BCUT2D eigenvalue weighted by Gasteiger charge is -2.07. The van der Waals surface area contributed by atoms with Crippen LogP contribution < -0.4 is 5.32 Å². The number of rotatable bonds is 4. The molecule has 0 unspecified atom stereocenters. The molecule has 0 aliphatic carbocycles. The standard InChI is InChI=1S/C18H14FN5O/c19-14-5-3-13(4-6-14)18-22-21-17-10-9-16(23-24(17)18)20-11-12-1-7-15(25)8-2-12/h1-10,25H,11H2,(H,20,23). The fourth-order valence-corrected chi connectivity index (χ4v) is 2.47. The maximum Gasteiger partial charge on any atom is 0.185 e. The van der Waals surface area contributed by atoms with Crippen molar-refractivity contribution in [2.24, 2.45) is 0 Å². The number of hydrogen-bond acceptors (Lipinski definition) is 5. The van der Waals surface area contributed by atoms with Crippen LogP contribution >= 0.6 is 0 Å². The molecule has 124 valence electrons. The monoisotopic (exact) mass is 335 g/mol. The van der Waals surface area contributed by atoms with E-state index in [9.17, 15) is 9.50 Å². The molecule has 0 radical (unpaired) electrons. The minimum atomic E-state index is -0.304. The van der Waals surface area contributed by atoms with Gasteiger partial charge in [-0.15, -0.1) is 15.3 Å². The molecule has 25 heavy (non-hydrogen) atoms. The second kappa shape index (κ2) is 6.20. The molecule has 0 saturated heterocycles. The van der Waals surface area contributed by atoms with Gasteiger partial charge in [-0.05, 0) is 54.1 Å². The van der Waals surface area contributed by atoms with E-state index in [1.54, 1.807) is 28.8 Å². The summed E-state index contributed by atoms with van der Waals surface area (Å²) in [7, 11) is 0. The van der Waals surface area contributed by atoms with Gasteiger partial charge in [-0.25, -0.2) is 4.39 Å². The van der Waals surface area contributed by atoms with Crippen molar-refractivity contribution in [3.63, 3.8) is 0 Å². The maximum atomic E-state index is 13.1. The van der Waals surface area contributed by atoms with Gasteiger partial charge in [0, 0.05) is 12.1 Å². The molecule has 0 atom stereocenters. The molecule has 2 aromatic carbocycles. The lowest BCUT2D eigenvalue weighted by atomic mass is 10.2. The average molecular weight is 335 g/mol. The Morgan fingerprint density at radius 2 is 1.68 bits per heavy atom. The summed E-state index contributed by atoms with van der Waals surface area (Å²) in [5, 5.41) is 25.3. The van der Waals surface area contributed by atoms with E-state index in [2.05, 4.69) is 20.6 Å². The summed E-state index contributed by atoms with van der Waals surface area (Å²) in [6.07, 6.45) is 0. The number of phenolic OH excluding ortho intramolecular Hbond substituents is 1. The van der Waals surface area contributed by atoms with Gasteiger partial charge in [0.15, 0.2) is 11.5 Å². The van der Waals surface area contributed by atoms with Crippen molar-refractivity contribution in [3.05, 3.63) is 72.0 Å². The first kappa shape index (κ1) is 15.1. The number of halogens is 1. The maximum absolute atomic E-state index is 13.1. The Morgan fingerprint density at radius 3 is 2.44 bits per heavy atom. The molecule has 2 N–H and O–H groups in total. The molecular formula is C18H14FN5O. The summed E-state index contributed by atoms with van der Waals surface area (Å²) in [5.41, 5.74) is 2.36. The number of fused-ring (bicyclic) bond motifs is 1. The quantitative estimate of drug-likeness (QED) is 0.599. The van der Waals surface area contributed by atoms with Gasteiger partial charge in [0.05, 0.1) is 0 Å². The van der Waals surface area contributed by atoms with Gasteiger partial charge in [-0.1, -0.05) is 12.1 Å². The van der Waals surface area contributed by atoms with E-state index in [0.29, 0.717) is 23.8 Å². The van der Waals surface area contributed by atoms with Gasteiger partial charge in [-0.3, -0.25) is 0 Å². The van der Waals surface area contributed by atoms with E-state index in [-0.39, 0.29) is 11.6 Å². The molecule has 7 heteroatoms. The van der Waals surface area contributed by atoms with Crippen LogP contribution in [0.1, 0.15) is 5.56 Å². The van der Waals surface area contributed by atoms with E-state index in [0.717, 1.165) is 11.1 Å². The number of hydrogen-bond donors (Lipinski definition) is 2. The second-order valence-corrected chi connectivity index (χ2v) is 5.54. The Bertz CT molecular complexity index is 1010. The summed E-state index contributed by atoms with van der Waals surface area (Å²) in [5.74, 6) is 1.13. The Balaban J connectivity index is 1.61. The third-order valence-corrected chi connectivity index (χ3v) is 3.78. The molecule has 2 heterocycles. The molecule has 0 aliphatic rings. The first-order valence-corrected chi connectivity index (χ1v) is 7.69. The smallest absolute Gasteiger partial charge is 0.185 e. The molecule has 6 nitrogen and oxygen atoms in total. The van der Waals surface area contributed by atoms with Crippen molar-refractivity contribution in [3.8, 4) is 17.1 Å². The topological polar surface area (TPSA) is 75.3 Å². The molecule has 2 aromatic heterocycles. The number of aromatic nitrogens is 4. The van der Waals surface area contributed by atoms with Gasteiger partial charge in [0.2, 0.25) is 0 Å². The highest BCUT2D eigenvalue weighted by molar-refractivity contribution is 5.59. The van der Waals surface area contributed by atoms with E-state index in [1.165, 1.54) is 12.1 Å². The number of anilines is 1. The van der Waals surface area contributed by atoms with Crippen LogP contribution in [-0.4, -0.2) is 24.9 Å². The summed E-state index contributed by atoms with van der Waals surface area (Å²) in [6.45, 7) is 0.562. The Hall–Kier alpha value is -3.48. The highest BCUT2D eigenvalue weighted by atomic mass is 19.1. The van der Waals surface area contributed by atoms with E-state index >= 15 is 0 Å². The van der Waals surface area contributed by atoms with Crippen LogP contribution in [0.25, 0.3) is 17.0 Å². The lowest BCUT2D eigenvalue weighted by molar-refractivity contribution is 0.475. The van der Waals surface area contributed by atoms with Gasteiger partial charge >= 0.3 is 0 Å². The van der Waals surface area contributed by atoms with Crippen LogP contribution in [-0.2, 0) is 6.54 Å². The second-order valence-electron chi connectivity index (χ2n) is 5.54. The zero-order valence-corrected chi connectivity index (χ0v) is 13.1. The molecule has 0 spiro atoms. The molecule has 0 aliphatic heterocycles. The zero-order chi connectivity index (χ0) is 17.2. The zero-order valence-electron chi connectivity index (χ0n) is 13.1. The highest BCUT2D eigenvalue weighted by Gasteiger charge is 2.10. The van der Waals surface area contributed by atoms with Crippen molar-refractivity contribution < 1.29 is 9.50 Å². The minimum Gasteiger partial charge on any atom is -0.508 e. The van der Waals surface area contributed by atoms with E-state index in [4.69, 9.17) is 0 Å². The van der Waals surface area contributed by atoms with Crippen LogP contribution in [0.5, 0.6) is 5.75 Å². The minimum absolute atomic E-state index is 0.233. The van der Waals surface area contributed by atoms with Gasteiger partial charge in [0.1, 0.15) is 17.4 Å². The van der Waals surface area contributed by atoms with E-state index < -0.39 is 0 Å². The largest absolute Gasteiger partial charge is 0.508 e. The predicted octanol–water partition coefficient (Wildman–Crippen LogP) is 3.25. The van der Waals surface area contributed by atoms with E-state index in [1.807, 2.05) is 24.3 Å². The van der Waals surface area contributed by atoms with Crippen LogP contribution in [0.3, 0.4) is 0 Å². The Labute approximate surface area is 142 Å². The molecule has 4 rings (SSSR count). The summed E-state index contributed by atoms with van der Waals surface area (Å²) in [4.78, 5) is 0. The van der Waals surface area contributed by atoms with Gasteiger partial charge in [-0.2, -0.15) is 4.52 Å². The van der Waals surface area contributed by atoms with Crippen LogP contribution in [0.4, 0.5) is 10.2 Å². The first-order valence-electron chi connectivity index (χ1n) is 7.69. The third-order valence-electron chi connectivity index (χ3n) is 3.78. The first-order chi connectivity index (χ1) is 12.2. The lowest BCUT2D eigenvalue weighted by Crippen LogP contribution is -2.04. The number of phenols is 1. The van der Waals surface area contributed by atoms with Gasteiger partial charge < -0.3 is 10.4 Å². The average Bonchev–Trinajstić information content (AvgIpc) is 3.05. The number of benzene rings is 2. The van der Waals surface area contributed by atoms with Crippen molar-refractivity contribution >= 4 is 11.5 Å². The van der Waals surface area contributed by atoms with Crippen molar-refractivity contribution in [2.75, 3.05) is 5.32 Å². The molecule has 0 saturated carbocycles. The molecule has 0 fully saturated rings. The third kappa shape index (κ3) is 3.12. The number of aromatic hydroxyl groups is 1. The number of nitrogens with one attached hydrogen (secondary N) is 1. The van der Waals surface area contributed by atoms with Gasteiger partial charge in [0.25, 0.3) is 0 Å². The van der Waals surface area contributed by atoms with Crippen molar-refractivity contribution in [1.82, 2.24) is 19.8 Å². The highest BCUT2D eigenvalue weighted by Crippen LogP contribution is 2.19. The Kier molecular flexibility index (Phi) is 3.74. The van der Waals surface area contributed by atoms with Crippen LogP contribution in [0, 0.1) is 5.82 Å². The molecule has 0 bridgehead atoms. The van der Waals surface area contributed by atoms with Crippen LogP contribution in [0.15, 0.2) is 60.7 Å². The SMILES string of the molecule is Oc1ccc(CNc2ccc3nnc(-c4ccc(F)cc4)n3n2)cc1. The predicted molar refractivity (Wildman–Crippen MR) is 91.6 cm³/mol. The summed E-state index contributed by atoms with van der Waals surface area (Å²) >= 11 is 0. The molecule has 4 aromatic rings. The normalized spacial score (nSPS) is 10.9. The van der Waals surface area contributed by atoms with Crippen molar-refractivity contribution in [1.29, 1.82) is 0 Å². The van der Waals surface area contributed by atoms with Crippen molar-refractivity contribution in [2.45, 2.75) is 6.54 Å². The number of nitrogens with zero attached hydrogens (tertiary/aromatic N) is 4. The van der Waals surface area contributed by atoms with Crippen LogP contribution in [0.2, 0.25) is 0 Å². The summed E-state index contributed by atoms with van der Waals surface area (Å²) in [6, 6.07) is 16.6. The Morgan fingerprint density at radius 1 is 0.920 bits per heavy atom. The fraction of sp³-hybridized carbons (Fsp3) is 0.0556. The fourth-order valence-electron chi connectivity index (χ4n) is 2.47. The summed E-state index contributed by atoms with van der Waals surface area (Å²) < 4.78 is 14.7. The molecular weight excluding hydrogens is 321 g/mol.